The number of pyridine rings is 1. The Morgan fingerprint density at radius 2 is 2.29 bits per heavy atom. The number of aryl methyl sites for hydroxylation is 2. The summed E-state index contributed by atoms with van der Waals surface area (Å²) in [4.78, 5) is 7.37. The SMILES string of the molecule is NC(=S)c1cc2c(nc1N1CCOC(CO)C1)CCCC2. The Morgan fingerprint density at radius 3 is 3.05 bits per heavy atom. The standard InChI is InChI=1S/C15H21N3O2S/c16-14(21)12-7-10-3-1-2-4-13(10)17-15(12)18-5-6-20-11(8-18)9-19/h7,11,19H,1-6,8-9H2,(H2,16,21). The number of hydrogen-bond acceptors (Lipinski definition) is 5. The molecule has 1 aliphatic heterocycles. The van der Waals surface area contributed by atoms with Gasteiger partial charge in [-0.05, 0) is 37.3 Å². The zero-order chi connectivity index (χ0) is 14.8. The highest BCUT2D eigenvalue weighted by molar-refractivity contribution is 7.80. The highest BCUT2D eigenvalue weighted by atomic mass is 32.1. The fraction of sp³-hybridized carbons (Fsp3) is 0.600. The van der Waals surface area contributed by atoms with Gasteiger partial charge in [-0.25, -0.2) is 4.98 Å². The number of aliphatic hydroxyl groups excluding tert-OH is 1. The summed E-state index contributed by atoms with van der Waals surface area (Å²) < 4.78 is 5.51. The highest BCUT2D eigenvalue weighted by Crippen LogP contribution is 2.28. The lowest BCUT2D eigenvalue weighted by Gasteiger charge is -2.34. The van der Waals surface area contributed by atoms with Crippen LogP contribution in [0.15, 0.2) is 6.07 Å². The van der Waals surface area contributed by atoms with Crippen LogP contribution in [0.4, 0.5) is 5.82 Å². The zero-order valence-corrected chi connectivity index (χ0v) is 12.9. The van der Waals surface area contributed by atoms with E-state index in [2.05, 4.69) is 11.0 Å². The quantitative estimate of drug-likeness (QED) is 0.805. The van der Waals surface area contributed by atoms with Crippen LogP contribution in [0, 0.1) is 0 Å². The molecule has 0 aromatic carbocycles. The molecule has 5 nitrogen and oxygen atoms in total. The Morgan fingerprint density at radius 1 is 1.48 bits per heavy atom. The van der Waals surface area contributed by atoms with Gasteiger partial charge in [-0.3, -0.25) is 0 Å². The lowest BCUT2D eigenvalue weighted by molar-refractivity contribution is 0.00334. The van der Waals surface area contributed by atoms with Gasteiger partial charge >= 0.3 is 0 Å². The van der Waals surface area contributed by atoms with Crippen molar-refractivity contribution in [2.24, 2.45) is 5.73 Å². The van der Waals surface area contributed by atoms with Crippen molar-refractivity contribution in [3.8, 4) is 0 Å². The van der Waals surface area contributed by atoms with Crippen molar-refractivity contribution in [2.45, 2.75) is 31.8 Å². The van der Waals surface area contributed by atoms with E-state index in [1.54, 1.807) is 0 Å². The van der Waals surface area contributed by atoms with Crippen LogP contribution in [0.1, 0.15) is 29.7 Å². The van der Waals surface area contributed by atoms with Gasteiger partial charge in [0.15, 0.2) is 0 Å². The van der Waals surface area contributed by atoms with Gasteiger partial charge in [0.2, 0.25) is 0 Å². The predicted molar refractivity (Wildman–Crippen MR) is 85.8 cm³/mol. The molecule has 0 amide bonds. The summed E-state index contributed by atoms with van der Waals surface area (Å²) in [5, 5.41) is 9.30. The van der Waals surface area contributed by atoms with E-state index >= 15 is 0 Å². The fourth-order valence-corrected chi connectivity index (χ4v) is 3.22. The van der Waals surface area contributed by atoms with E-state index < -0.39 is 0 Å². The zero-order valence-electron chi connectivity index (χ0n) is 12.0. The van der Waals surface area contributed by atoms with Crippen molar-refractivity contribution in [3.05, 3.63) is 22.9 Å². The van der Waals surface area contributed by atoms with Crippen LogP contribution in [0.25, 0.3) is 0 Å². The molecule has 1 aliphatic carbocycles. The number of hydrogen-bond donors (Lipinski definition) is 2. The van der Waals surface area contributed by atoms with Crippen molar-refractivity contribution in [1.82, 2.24) is 4.98 Å². The second-order valence-corrected chi connectivity index (χ2v) is 6.10. The summed E-state index contributed by atoms with van der Waals surface area (Å²) in [5.41, 5.74) is 9.20. The Kier molecular flexibility index (Phi) is 4.37. The summed E-state index contributed by atoms with van der Waals surface area (Å²) in [6, 6.07) is 2.11. The molecule has 0 bridgehead atoms. The fourth-order valence-electron chi connectivity index (χ4n) is 3.07. The minimum Gasteiger partial charge on any atom is -0.394 e. The van der Waals surface area contributed by atoms with Gasteiger partial charge < -0.3 is 20.5 Å². The largest absolute Gasteiger partial charge is 0.394 e. The van der Waals surface area contributed by atoms with Crippen molar-refractivity contribution in [3.63, 3.8) is 0 Å². The van der Waals surface area contributed by atoms with Crippen LogP contribution in [0.2, 0.25) is 0 Å². The van der Waals surface area contributed by atoms with Crippen LogP contribution in [-0.4, -0.2) is 47.5 Å². The van der Waals surface area contributed by atoms with Crippen molar-refractivity contribution in [1.29, 1.82) is 0 Å². The molecule has 0 radical (unpaired) electrons. The smallest absolute Gasteiger partial charge is 0.139 e. The summed E-state index contributed by atoms with van der Waals surface area (Å²) in [7, 11) is 0. The second-order valence-electron chi connectivity index (χ2n) is 5.66. The summed E-state index contributed by atoms with van der Waals surface area (Å²) in [5.74, 6) is 0.852. The topological polar surface area (TPSA) is 71.6 Å². The molecule has 1 atom stereocenters. The number of nitrogens with zero attached hydrogens (tertiary/aromatic N) is 2. The molecule has 1 saturated heterocycles. The van der Waals surface area contributed by atoms with Gasteiger partial charge in [0.25, 0.3) is 0 Å². The summed E-state index contributed by atoms with van der Waals surface area (Å²) in [6.45, 7) is 1.97. The normalized spacial score (nSPS) is 22.0. The molecule has 1 aromatic heterocycles. The minimum atomic E-state index is -0.171. The van der Waals surface area contributed by atoms with Gasteiger partial charge in [0.05, 0.1) is 24.9 Å². The monoisotopic (exact) mass is 307 g/mol. The lowest BCUT2D eigenvalue weighted by Crippen LogP contribution is -2.45. The molecule has 1 unspecified atom stereocenters. The third-order valence-corrected chi connectivity index (χ3v) is 4.41. The Balaban J connectivity index is 1.97. The number of nitrogens with two attached hydrogens (primary N) is 1. The van der Waals surface area contributed by atoms with E-state index in [1.165, 1.54) is 24.1 Å². The molecule has 1 fully saturated rings. The number of rotatable bonds is 3. The molecular formula is C15H21N3O2S. The first-order valence-corrected chi connectivity index (χ1v) is 7.90. The first-order valence-electron chi connectivity index (χ1n) is 7.49. The molecule has 3 rings (SSSR count). The van der Waals surface area contributed by atoms with Crippen LogP contribution < -0.4 is 10.6 Å². The molecule has 0 spiro atoms. The molecule has 6 heteroatoms. The summed E-state index contributed by atoms with van der Waals surface area (Å²) >= 11 is 5.21. The third kappa shape index (κ3) is 3.02. The number of fused-ring (bicyclic) bond motifs is 1. The average Bonchev–Trinajstić information content (AvgIpc) is 2.53. The van der Waals surface area contributed by atoms with Crippen LogP contribution in [-0.2, 0) is 17.6 Å². The maximum absolute atomic E-state index is 9.30. The van der Waals surface area contributed by atoms with Gasteiger partial charge in [0.1, 0.15) is 10.8 Å². The van der Waals surface area contributed by atoms with Gasteiger partial charge in [0, 0.05) is 18.8 Å². The highest BCUT2D eigenvalue weighted by Gasteiger charge is 2.25. The average molecular weight is 307 g/mol. The van der Waals surface area contributed by atoms with Crippen LogP contribution in [0.5, 0.6) is 0 Å². The van der Waals surface area contributed by atoms with E-state index in [4.69, 9.17) is 27.7 Å². The maximum Gasteiger partial charge on any atom is 0.139 e. The first-order chi connectivity index (χ1) is 10.2. The molecule has 2 heterocycles. The van der Waals surface area contributed by atoms with Crippen LogP contribution >= 0.6 is 12.2 Å². The second kappa shape index (κ2) is 6.25. The van der Waals surface area contributed by atoms with E-state index in [1.807, 2.05) is 0 Å². The van der Waals surface area contributed by atoms with E-state index in [0.29, 0.717) is 18.1 Å². The maximum atomic E-state index is 9.30. The number of morpholine rings is 1. The number of ether oxygens (including phenoxy) is 1. The van der Waals surface area contributed by atoms with Gasteiger partial charge in [-0.1, -0.05) is 12.2 Å². The summed E-state index contributed by atoms with van der Waals surface area (Å²) in [6.07, 6.45) is 4.30. The third-order valence-electron chi connectivity index (χ3n) is 4.19. The Hall–Kier alpha value is -1.24. The molecule has 1 aromatic rings. The van der Waals surface area contributed by atoms with E-state index in [-0.39, 0.29) is 12.7 Å². The van der Waals surface area contributed by atoms with Crippen molar-refractivity contribution in [2.75, 3.05) is 31.2 Å². The number of thiocarbonyl (C=S) groups is 1. The molecule has 114 valence electrons. The predicted octanol–water partition coefficient (Wildman–Crippen LogP) is 0.792. The Labute approximate surface area is 130 Å². The van der Waals surface area contributed by atoms with Crippen LogP contribution in [0.3, 0.4) is 0 Å². The molecule has 3 N–H and O–H groups in total. The number of aromatic nitrogens is 1. The molecule has 2 aliphatic rings. The molecular weight excluding hydrogens is 286 g/mol. The number of aliphatic hydroxyl groups is 1. The van der Waals surface area contributed by atoms with Crippen molar-refractivity contribution < 1.29 is 9.84 Å². The minimum absolute atomic E-state index is 0.0177. The lowest BCUT2D eigenvalue weighted by atomic mass is 9.94. The van der Waals surface area contributed by atoms with E-state index in [0.717, 1.165) is 30.8 Å². The van der Waals surface area contributed by atoms with Crippen molar-refractivity contribution >= 4 is 23.0 Å². The number of anilines is 1. The van der Waals surface area contributed by atoms with Gasteiger partial charge in [-0.2, -0.15) is 0 Å². The molecule has 21 heavy (non-hydrogen) atoms. The first kappa shape index (κ1) is 14.7. The van der Waals surface area contributed by atoms with E-state index in [9.17, 15) is 5.11 Å². The Bertz CT molecular complexity index is 550. The molecule has 0 saturated carbocycles. The van der Waals surface area contributed by atoms with Gasteiger partial charge in [-0.15, -0.1) is 0 Å².